The lowest BCUT2D eigenvalue weighted by Gasteiger charge is -2.36. The summed E-state index contributed by atoms with van der Waals surface area (Å²) in [5.74, 6) is 1.32. The second kappa shape index (κ2) is 5.51. The maximum absolute atomic E-state index is 12.5. The lowest BCUT2D eigenvalue weighted by Crippen LogP contribution is -2.44. The van der Waals surface area contributed by atoms with Crippen molar-refractivity contribution in [1.82, 2.24) is 4.90 Å². The van der Waals surface area contributed by atoms with E-state index in [2.05, 4.69) is 13.8 Å². The van der Waals surface area contributed by atoms with Gasteiger partial charge in [0.2, 0.25) is 0 Å². The molecule has 1 saturated heterocycles. The molecule has 2 atom stereocenters. The van der Waals surface area contributed by atoms with E-state index in [0.29, 0.717) is 29.0 Å². The number of benzene rings is 1. The number of nitrogen functional groups attached to an aromatic ring is 1. The van der Waals surface area contributed by atoms with Crippen LogP contribution in [-0.2, 0) is 0 Å². The quantitative estimate of drug-likeness (QED) is 0.833. The molecule has 0 radical (unpaired) electrons. The monoisotopic (exact) mass is 262 g/mol. The zero-order valence-corrected chi connectivity index (χ0v) is 11.8. The molecule has 0 bridgehead atoms. The van der Waals surface area contributed by atoms with Crippen molar-refractivity contribution in [3.63, 3.8) is 0 Å². The van der Waals surface area contributed by atoms with Gasteiger partial charge in [-0.3, -0.25) is 4.79 Å². The average molecular weight is 262 g/mol. The highest BCUT2D eigenvalue weighted by Crippen LogP contribution is 2.27. The molecule has 0 saturated carbocycles. The van der Waals surface area contributed by atoms with Crippen LogP contribution in [0, 0.1) is 5.92 Å². The molecule has 1 amide bonds. The second-order valence-corrected chi connectivity index (χ2v) is 5.43. The van der Waals surface area contributed by atoms with E-state index in [9.17, 15) is 4.79 Å². The fourth-order valence-corrected chi connectivity index (χ4v) is 2.72. The molecule has 1 aliphatic rings. The van der Waals surface area contributed by atoms with Crippen LogP contribution in [0.3, 0.4) is 0 Å². The Hall–Kier alpha value is -1.71. The van der Waals surface area contributed by atoms with Crippen molar-refractivity contribution in [1.29, 1.82) is 0 Å². The summed E-state index contributed by atoms with van der Waals surface area (Å²) < 4.78 is 5.17. The van der Waals surface area contributed by atoms with Gasteiger partial charge >= 0.3 is 0 Å². The number of hydrogen-bond acceptors (Lipinski definition) is 3. The normalized spacial score (nSPS) is 23.2. The van der Waals surface area contributed by atoms with E-state index in [0.717, 1.165) is 19.4 Å². The highest BCUT2D eigenvalue weighted by Gasteiger charge is 2.27. The summed E-state index contributed by atoms with van der Waals surface area (Å²) in [5.41, 5.74) is 6.97. The number of nitrogens with two attached hydrogens (primary N) is 1. The van der Waals surface area contributed by atoms with E-state index >= 15 is 0 Å². The largest absolute Gasteiger partial charge is 0.495 e. The molecule has 19 heavy (non-hydrogen) atoms. The Morgan fingerprint density at radius 3 is 2.79 bits per heavy atom. The van der Waals surface area contributed by atoms with Gasteiger partial charge in [-0.05, 0) is 43.9 Å². The Bertz CT molecular complexity index is 473. The van der Waals surface area contributed by atoms with Crippen molar-refractivity contribution in [2.75, 3.05) is 19.4 Å². The molecule has 2 rings (SSSR count). The predicted molar refractivity (Wildman–Crippen MR) is 76.3 cm³/mol. The minimum Gasteiger partial charge on any atom is -0.495 e. The van der Waals surface area contributed by atoms with Crippen LogP contribution >= 0.6 is 0 Å². The molecule has 1 aliphatic heterocycles. The molecule has 104 valence electrons. The number of rotatable bonds is 2. The first kappa shape index (κ1) is 13.7. The Labute approximate surface area is 114 Å². The number of carbonyl (C=O) groups is 1. The van der Waals surface area contributed by atoms with Gasteiger partial charge in [0.15, 0.2) is 0 Å². The van der Waals surface area contributed by atoms with E-state index in [1.807, 2.05) is 4.90 Å². The number of nitrogens with zero attached hydrogens (tertiary/aromatic N) is 1. The van der Waals surface area contributed by atoms with Crippen LogP contribution in [0.15, 0.2) is 18.2 Å². The Balaban J connectivity index is 2.19. The van der Waals surface area contributed by atoms with E-state index in [1.165, 1.54) is 0 Å². The van der Waals surface area contributed by atoms with Gasteiger partial charge in [0.25, 0.3) is 5.91 Å². The smallest absolute Gasteiger partial charge is 0.254 e. The minimum absolute atomic E-state index is 0.0673. The third-order valence-electron chi connectivity index (χ3n) is 3.88. The second-order valence-electron chi connectivity index (χ2n) is 5.43. The van der Waals surface area contributed by atoms with Crippen molar-refractivity contribution in [2.24, 2.45) is 5.92 Å². The molecule has 2 N–H and O–H groups in total. The maximum atomic E-state index is 12.5. The van der Waals surface area contributed by atoms with Gasteiger partial charge in [-0.2, -0.15) is 0 Å². The van der Waals surface area contributed by atoms with Gasteiger partial charge in [-0.1, -0.05) is 6.92 Å². The Morgan fingerprint density at radius 1 is 1.42 bits per heavy atom. The van der Waals surface area contributed by atoms with Crippen molar-refractivity contribution in [3.05, 3.63) is 23.8 Å². The zero-order chi connectivity index (χ0) is 14.0. The van der Waals surface area contributed by atoms with Crippen molar-refractivity contribution >= 4 is 11.6 Å². The van der Waals surface area contributed by atoms with Crippen molar-refractivity contribution < 1.29 is 9.53 Å². The van der Waals surface area contributed by atoms with E-state index in [1.54, 1.807) is 25.3 Å². The number of methoxy groups -OCH3 is 1. The van der Waals surface area contributed by atoms with Gasteiger partial charge in [0.1, 0.15) is 5.75 Å². The fraction of sp³-hybridized carbons (Fsp3) is 0.533. The molecule has 2 unspecified atom stereocenters. The Kier molecular flexibility index (Phi) is 3.98. The number of anilines is 1. The van der Waals surface area contributed by atoms with Gasteiger partial charge in [0, 0.05) is 18.2 Å². The standard InChI is InChI=1S/C15H22N2O2/c1-10-6-7-17(11(2)8-10)15(18)12-4-5-13(16)14(9-12)19-3/h4-5,9-11H,6-8,16H2,1-3H3. The fourth-order valence-electron chi connectivity index (χ4n) is 2.72. The summed E-state index contributed by atoms with van der Waals surface area (Å²) in [6.07, 6.45) is 2.14. The molecule has 4 heteroatoms. The molecule has 1 fully saturated rings. The lowest BCUT2D eigenvalue weighted by atomic mass is 9.93. The summed E-state index contributed by atoms with van der Waals surface area (Å²) in [4.78, 5) is 14.5. The maximum Gasteiger partial charge on any atom is 0.254 e. The van der Waals surface area contributed by atoms with Crippen molar-refractivity contribution in [2.45, 2.75) is 32.7 Å². The third kappa shape index (κ3) is 2.83. The van der Waals surface area contributed by atoms with Gasteiger partial charge < -0.3 is 15.4 Å². The number of piperidine rings is 1. The number of amides is 1. The van der Waals surface area contributed by atoms with Crippen LogP contribution in [-0.4, -0.2) is 30.5 Å². The number of likely N-dealkylation sites (tertiary alicyclic amines) is 1. The van der Waals surface area contributed by atoms with Gasteiger partial charge in [-0.25, -0.2) is 0 Å². The van der Waals surface area contributed by atoms with E-state index in [4.69, 9.17) is 10.5 Å². The molecule has 0 aromatic heterocycles. The van der Waals surface area contributed by atoms with Crippen LogP contribution in [0.25, 0.3) is 0 Å². The van der Waals surface area contributed by atoms with Gasteiger partial charge in [0.05, 0.1) is 12.8 Å². The Morgan fingerprint density at radius 2 is 2.16 bits per heavy atom. The number of ether oxygens (including phenoxy) is 1. The first-order valence-electron chi connectivity index (χ1n) is 6.77. The first-order valence-corrected chi connectivity index (χ1v) is 6.77. The summed E-state index contributed by atoms with van der Waals surface area (Å²) in [6, 6.07) is 5.51. The average Bonchev–Trinajstić information content (AvgIpc) is 2.38. The molecule has 1 heterocycles. The van der Waals surface area contributed by atoms with Gasteiger partial charge in [-0.15, -0.1) is 0 Å². The topological polar surface area (TPSA) is 55.6 Å². The SMILES string of the molecule is COc1cc(C(=O)N2CCC(C)CC2C)ccc1N. The molecule has 4 nitrogen and oxygen atoms in total. The lowest BCUT2D eigenvalue weighted by molar-refractivity contribution is 0.0588. The van der Waals surface area contributed by atoms with Crippen molar-refractivity contribution in [3.8, 4) is 5.75 Å². The highest BCUT2D eigenvalue weighted by atomic mass is 16.5. The summed E-state index contributed by atoms with van der Waals surface area (Å²) >= 11 is 0. The summed E-state index contributed by atoms with van der Waals surface area (Å²) in [5, 5.41) is 0. The zero-order valence-electron chi connectivity index (χ0n) is 11.8. The molecule has 1 aromatic rings. The van der Waals surface area contributed by atoms with Crippen LogP contribution in [0.5, 0.6) is 5.75 Å². The summed E-state index contributed by atoms with van der Waals surface area (Å²) in [7, 11) is 1.56. The van der Waals surface area contributed by atoms with Crippen LogP contribution in [0.2, 0.25) is 0 Å². The molecular formula is C15H22N2O2. The first-order chi connectivity index (χ1) is 9.02. The molecule has 0 spiro atoms. The number of carbonyl (C=O) groups excluding carboxylic acids is 1. The van der Waals surface area contributed by atoms with Crippen LogP contribution in [0.4, 0.5) is 5.69 Å². The number of hydrogen-bond donors (Lipinski definition) is 1. The molecular weight excluding hydrogens is 240 g/mol. The van der Waals surface area contributed by atoms with E-state index < -0.39 is 0 Å². The highest BCUT2D eigenvalue weighted by molar-refractivity contribution is 5.95. The predicted octanol–water partition coefficient (Wildman–Crippen LogP) is 2.54. The molecule has 1 aromatic carbocycles. The van der Waals surface area contributed by atoms with Crippen LogP contribution in [0.1, 0.15) is 37.0 Å². The summed E-state index contributed by atoms with van der Waals surface area (Å²) in [6.45, 7) is 5.18. The van der Waals surface area contributed by atoms with Crippen LogP contribution < -0.4 is 10.5 Å². The van der Waals surface area contributed by atoms with E-state index in [-0.39, 0.29) is 5.91 Å². The third-order valence-corrected chi connectivity index (χ3v) is 3.88. The molecule has 0 aliphatic carbocycles. The minimum atomic E-state index is 0.0673.